The smallest absolute Gasteiger partial charge is 0.134 e. The summed E-state index contributed by atoms with van der Waals surface area (Å²) in [5.74, 6) is 0. The molecule has 0 heterocycles. The van der Waals surface area contributed by atoms with Crippen molar-refractivity contribution in [1.82, 2.24) is 0 Å². The van der Waals surface area contributed by atoms with Crippen molar-refractivity contribution in [2.45, 2.75) is 50.3 Å². The molecular formula is C37H40O5. The first kappa shape index (κ1) is 31.1. The molecule has 5 nitrogen and oxygen atoms in total. The highest BCUT2D eigenvalue weighted by molar-refractivity contribution is 5.18. The van der Waals surface area contributed by atoms with Crippen LogP contribution in [0.2, 0.25) is 0 Å². The second-order valence-electron chi connectivity index (χ2n) is 10.1. The molecule has 0 aliphatic carbocycles. The Labute approximate surface area is 249 Å². The van der Waals surface area contributed by atoms with Gasteiger partial charge in [-0.1, -0.05) is 133 Å². The highest BCUT2D eigenvalue weighted by Crippen LogP contribution is 2.28. The lowest BCUT2D eigenvalue weighted by atomic mass is 9.90. The fourth-order valence-corrected chi connectivity index (χ4v) is 4.63. The minimum absolute atomic E-state index is 0.0569. The average molecular weight is 565 g/mol. The molecule has 4 aromatic rings. The molecule has 0 amide bonds. The largest absolute Gasteiger partial charge is 0.381 e. The normalized spacial score (nSPS) is 14.8. The molecule has 0 aromatic heterocycles. The molecule has 5 heteroatoms. The highest BCUT2D eigenvalue weighted by Gasteiger charge is 2.44. The second-order valence-corrected chi connectivity index (χ2v) is 10.1. The topological polar surface area (TPSA) is 57.2 Å². The van der Waals surface area contributed by atoms with E-state index < -0.39 is 23.9 Å². The molecule has 218 valence electrons. The van der Waals surface area contributed by atoms with E-state index in [1.54, 1.807) is 6.08 Å². The van der Waals surface area contributed by atoms with Crippen LogP contribution in [-0.2, 0) is 45.4 Å². The first-order valence-corrected chi connectivity index (χ1v) is 14.2. The lowest BCUT2D eigenvalue weighted by Crippen LogP contribution is -2.56. The molecule has 1 unspecified atom stereocenters. The van der Waals surface area contributed by atoms with Gasteiger partial charge in [0.15, 0.2) is 0 Å². The summed E-state index contributed by atoms with van der Waals surface area (Å²) in [5.41, 5.74) is 2.34. The quantitative estimate of drug-likeness (QED) is 0.131. The molecule has 4 aromatic carbocycles. The van der Waals surface area contributed by atoms with E-state index >= 15 is 0 Å². The van der Waals surface area contributed by atoms with Gasteiger partial charge in [-0.05, 0) is 22.3 Å². The Morgan fingerprint density at radius 3 is 1.40 bits per heavy atom. The maximum Gasteiger partial charge on any atom is 0.134 e. The highest BCUT2D eigenvalue weighted by atomic mass is 16.6. The van der Waals surface area contributed by atoms with Crippen LogP contribution in [0.3, 0.4) is 0 Å². The van der Waals surface area contributed by atoms with Gasteiger partial charge in [-0.25, -0.2) is 0 Å². The van der Waals surface area contributed by atoms with E-state index in [9.17, 15) is 5.11 Å². The number of hydrogen-bond donors (Lipinski definition) is 1. The van der Waals surface area contributed by atoms with Gasteiger partial charge in [0, 0.05) is 0 Å². The number of benzene rings is 4. The Hall–Kier alpha value is -3.84. The molecule has 1 N–H and O–H groups in total. The summed E-state index contributed by atoms with van der Waals surface area (Å²) >= 11 is 0. The van der Waals surface area contributed by atoms with Gasteiger partial charge < -0.3 is 24.1 Å². The SMILES string of the molecule is C=C[C@@H](OCc1ccccc1)[C@@H](OCc1ccccc1)[C@H](OCc1ccccc1)C(O)(C=C)COCc1ccccc1. The molecular weight excluding hydrogens is 524 g/mol. The monoisotopic (exact) mass is 564 g/mol. The lowest BCUT2D eigenvalue weighted by Gasteiger charge is -2.40. The summed E-state index contributed by atoms with van der Waals surface area (Å²) in [7, 11) is 0. The summed E-state index contributed by atoms with van der Waals surface area (Å²) in [4.78, 5) is 0. The van der Waals surface area contributed by atoms with Gasteiger partial charge >= 0.3 is 0 Å². The van der Waals surface area contributed by atoms with Crippen molar-refractivity contribution in [3.8, 4) is 0 Å². The van der Waals surface area contributed by atoms with Gasteiger partial charge in [0.2, 0.25) is 0 Å². The van der Waals surface area contributed by atoms with Crippen molar-refractivity contribution in [1.29, 1.82) is 0 Å². The number of hydrogen-bond acceptors (Lipinski definition) is 5. The predicted molar refractivity (Wildman–Crippen MR) is 166 cm³/mol. The van der Waals surface area contributed by atoms with E-state index in [0.29, 0.717) is 13.2 Å². The molecule has 4 atom stereocenters. The Morgan fingerprint density at radius 2 is 0.976 bits per heavy atom. The van der Waals surface area contributed by atoms with E-state index in [2.05, 4.69) is 13.2 Å². The van der Waals surface area contributed by atoms with Crippen molar-refractivity contribution < 1.29 is 24.1 Å². The van der Waals surface area contributed by atoms with E-state index in [1.807, 2.05) is 121 Å². The molecule has 0 aliphatic heterocycles. The van der Waals surface area contributed by atoms with Crippen LogP contribution in [0.4, 0.5) is 0 Å². The van der Waals surface area contributed by atoms with Gasteiger partial charge in [0.25, 0.3) is 0 Å². The van der Waals surface area contributed by atoms with Crippen LogP contribution >= 0.6 is 0 Å². The second kappa shape index (κ2) is 16.6. The Bertz CT molecular complexity index is 1310. The van der Waals surface area contributed by atoms with Gasteiger partial charge in [-0.3, -0.25) is 0 Å². The molecule has 0 bridgehead atoms. The molecule has 0 aliphatic rings. The van der Waals surface area contributed by atoms with Gasteiger partial charge in [0.1, 0.15) is 23.9 Å². The first-order valence-electron chi connectivity index (χ1n) is 14.2. The lowest BCUT2D eigenvalue weighted by molar-refractivity contribution is -0.201. The molecule has 0 fully saturated rings. The minimum atomic E-state index is -1.61. The molecule has 0 radical (unpaired) electrons. The van der Waals surface area contributed by atoms with E-state index in [0.717, 1.165) is 22.3 Å². The van der Waals surface area contributed by atoms with E-state index in [1.165, 1.54) is 6.08 Å². The van der Waals surface area contributed by atoms with Crippen LogP contribution < -0.4 is 0 Å². The third-order valence-corrected chi connectivity index (χ3v) is 6.99. The van der Waals surface area contributed by atoms with Crippen LogP contribution in [0.1, 0.15) is 22.3 Å². The maximum absolute atomic E-state index is 12.1. The molecule has 42 heavy (non-hydrogen) atoms. The Kier molecular flexibility index (Phi) is 12.3. The van der Waals surface area contributed by atoms with Crippen LogP contribution in [0, 0.1) is 0 Å². The third kappa shape index (κ3) is 9.35. The Balaban J connectivity index is 1.62. The minimum Gasteiger partial charge on any atom is -0.381 e. The molecule has 0 saturated carbocycles. The van der Waals surface area contributed by atoms with Crippen LogP contribution in [0.25, 0.3) is 0 Å². The number of rotatable bonds is 18. The molecule has 0 saturated heterocycles. The number of ether oxygens (including phenoxy) is 4. The molecule has 0 spiro atoms. The fourth-order valence-electron chi connectivity index (χ4n) is 4.63. The van der Waals surface area contributed by atoms with E-state index in [-0.39, 0.29) is 19.8 Å². The zero-order chi connectivity index (χ0) is 29.5. The van der Waals surface area contributed by atoms with Crippen LogP contribution in [0.15, 0.2) is 147 Å². The summed E-state index contributed by atoms with van der Waals surface area (Å²) in [6.45, 7) is 9.18. The maximum atomic E-state index is 12.1. The summed E-state index contributed by atoms with van der Waals surface area (Å²) < 4.78 is 25.5. The summed E-state index contributed by atoms with van der Waals surface area (Å²) in [6, 6.07) is 39.4. The van der Waals surface area contributed by atoms with Crippen molar-refractivity contribution in [3.05, 3.63) is 169 Å². The standard InChI is InChI=1S/C37H40O5/c1-3-34(40-26-31-19-11-6-12-20-31)35(41-27-32-21-13-7-14-22-32)36(42-28-33-23-15-8-16-24-33)37(38,4-2)29-39-25-30-17-9-5-10-18-30/h3-24,34-36,38H,1-2,25-29H2/t34-,35-,36+,37?/m1/s1. The average Bonchev–Trinajstić information content (AvgIpc) is 3.05. The predicted octanol–water partition coefficient (Wildman–Crippen LogP) is 7.06. The van der Waals surface area contributed by atoms with Crippen molar-refractivity contribution >= 4 is 0 Å². The first-order chi connectivity index (χ1) is 20.6. The van der Waals surface area contributed by atoms with Crippen LogP contribution in [-0.4, -0.2) is 35.6 Å². The fraction of sp³-hybridized carbons (Fsp3) is 0.243. The van der Waals surface area contributed by atoms with Gasteiger partial charge in [-0.15, -0.1) is 13.2 Å². The third-order valence-electron chi connectivity index (χ3n) is 6.99. The van der Waals surface area contributed by atoms with Gasteiger partial charge in [0.05, 0.1) is 33.0 Å². The van der Waals surface area contributed by atoms with Gasteiger partial charge in [-0.2, -0.15) is 0 Å². The molecule has 4 rings (SSSR count). The summed E-state index contributed by atoms with van der Waals surface area (Å²) in [6.07, 6.45) is 0.901. The van der Waals surface area contributed by atoms with Crippen LogP contribution in [0.5, 0.6) is 0 Å². The van der Waals surface area contributed by atoms with Crippen molar-refractivity contribution in [2.75, 3.05) is 6.61 Å². The van der Waals surface area contributed by atoms with Crippen molar-refractivity contribution in [3.63, 3.8) is 0 Å². The van der Waals surface area contributed by atoms with E-state index in [4.69, 9.17) is 18.9 Å². The number of aliphatic hydroxyl groups is 1. The zero-order valence-corrected chi connectivity index (χ0v) is 24.0. The van der Waals surface area contributed by atoms with Crippen molar-refractivity contribution in [2.24, 2.45) is 0 Å². The Morgan fingerprint density at radius 1 is 0.571 bits per heavy atom. The zero-order valence-electron chi connectivity index (χ0n) is 24.0. The summed E-state index contributed by atoms with van der Waals surface area (Å²) in [5, 5.41) is 12.1.